The van der Waals surface area contributed by atoms with E-state index in [1.54, 1.807) is 11.3 Å². The van der Waals surface area contributed by atoms with E-state index in [1.807, 2.05) is 17.5 Å². The molecule has 3 rings (SSSR count). The maximum atomic E-state index is 11.9. The van der Waals surface area contributed by atoms with E-state index in [2.05, 4.69) is 9.71 Å². The van der Waals surface area contributed by atoms with Gasteiger partial charge in [-0.1, -0.05) is 0 Å². The lowest BCUT2D eigenvalue weighted by molar-refractivity contribution is 0.597. The van der Waals surface area contributed by atoms with Gasteiger partial charge >= 0.3 is 0 Å². The van der Waals surface area contributed by atoms with E-state index in [9.17, 15) is 8.42 Å². The van der Waals surface area contributed by atoms with E-state index in [-0.39, 0.29) is 5.75 Å². The van der Waals surface area contributed by atoms with Crippen LogP contribution in [0, 0.1) is 5.92 Å². The number of nitrogens with two attached hydrogens (primary N) is 1. The van der Waals surface area contributed by atoms with Crippen LogP contribution < -0.4 is 10.5 Å². The van der Waals surface area contributed by atoms with Crippen LogP contribution >= 0.6 is 22.7 Å². The normalized spacial score (nSPS) is 15.3. The summed E-state index contributed by atoms with van der Waals surface area (Å²) in [5, 5.41) is 2.33. The number of thiophene rings is 1. The predicted molar refractivity (Wildman–Crippen MR) is 88.3 cm³/mol. The molecule has 0 radical (unpaired) electrons. The quantitative estimate of drug-likeness (QED) is 0.809. The van der Waals surface area contributed by atoms with Gasteiger partial charge in [0.05, 0.1) is 16.3 Å². The minimum absolute atomic E-state index is 0.210. The Morgan fingerprint density at radius 1 is 1.38 bits per heavy atom. The number of nitrogens with zero attached hydrogens (tertiary/aromatic N) is 1. The van der Waals surface area contributed by atoms with Crippen LogP contribution in [0.3, 0.4) is 0 Å². The summed E-state index contributed by atoms with van der Waals surface area (Å²) in [6.45, 7) is 0.628. The first-order chi connectivity index (χ1) is 10.1. The van der Waals surface area contributed by atoms with Gasteiger partial charge in [-0.05, 0) is 43.9 Å². The second-order valence-electron chi connectivity index (χ2n) is 5.17. The fraction of sp³-hybridized carbons (Fsp3) is 0.462. The summed E-state index contributed by atoms with van der Waals surface area (Å²) in [5.41, 5.74) is 6.36. The third kappa shape index (κ3) is 4.03. The van der Waals surface area contributed by atoms with Crippen LogP contribution in [0.15, 0.2) is 17.5 Å². The summed E-state index contributed by atoms with van der Waals surface area (Å²) in [4.78, 5) is 6.64. The van der Waals surface area contributed by atoms with Gasteiger partial charge in [-0.25, -0.2) is 13.4 Å². The Labute approximate surface area is 132 Å². The number of sulfonamides is 1. The standard InChI is InChI=1S/C13H17N3O2S3/c14-6-5-10-3-4-12(20-10)11-7-19-13(15-11)16-21(17,18)8-9-1-2-9/h3-4,7,9H,1-2,5-6,8,14H2,(H,15,16). The molecule has 1 saturated carbocycles. The first-order valence-electron chi connectivity index (χ1n) is 6.81. The highest BCUT2D eigenvalue weighted by molar-refractivity contribution is 7.92. The van der Waals surface area contributed by atoms with E-state index < -0.39 is 10.0 Å². The highest BCUT2D eigenvalue weighted by Crippen LogP contribution is 2.33. The van der Waals surface area contributed by atoms with Gasteiger partial charge in [-0.2, -0.15) is 0 Å². The largest absolute Gasteiger partial charge is 0.330 e. The first-order valence-corrected chi connectivity index (χ1v) is 10.2. The van der Waals surface area contributed by atoms with Gasteiger partial charge in [0.25, 0.3) is 0 Å². The number of anilines is 1. The van der Waals surface area contributed by atoms with Gasteiger partial charge in [0.15, 0.2) is 5.13 Å². The summed E-state index contributed by atoms with van der Waals surface area (Å²) in [7, 11) is -3.26. The van der Waals surface area contributed by atoms with Crippen LogP contribution in [0.5, 0.6) is 0 Å². The molecule has 8 heteroatoms. The highest BCUT2D eigenvalue weighted by atomic mass is 32.2. The van der Waals surface area contributed by atoms with E-state index in [0.29, 0.717) is 17.6 Å². The lowest BCUT2D eigenvalue weighted by Gasteiger charge is -2.02. The summed E-state index contributed by atoms with van der Waals surface area (Å²) >= 11 is 2.97. The molecule has 0 aliphatic heterocycles. The summed E-state index contributed by atoms with van der Waals surface area (Å²) in [5.74, 6) is 0.541. The number of nitrogens with one attached hydrogen (secondary N) is 1. The van der Waals surface area contributed by atoms with Crippen molar-refractivity contribution in [2.45, 2.75) is 19.3 Å². The molecule has 21 heavy (non-hydrogen) atoms. The molecule has 0 atom stereocenters. The minimum atomic E-state index is -3.26. The maximum Gasteiger partial charge on any atom is 0.234 e. The van der Waals surface area contributed by atoms with Gasteiger partial charge in [0.1, 0.15) is 0 Å². The van der Waals surface area contributed by atoms with E-state index in [4.69, 9.17) is 5.73 Å². The zero-order valence-corrected chi connectivity index (χ0v) is 13.9. The molecule has 1 fully saturated rings. The molecule has 1 aliphatic carbocycles. The summed E-state index contributed by atoms with van der Waals surface area (Å²) < 4.78 is 26.4. The topological polar surface area (TPSA) is 85.1 Å². The van der Waals surface area contributed by atoms with Crippen molar-refractivity contribution < 1.29 is 8.42 Å². The number of hydrogen-bond donors (Lipinski definition) is 2. The molecule has 0 unspecified atom stereocenters. The maximum absolute atomic E-state index is 11.9. The molecule has 2 aromatic heterocycles. The molecule has 5 nitrogen and oxygen atoms in total. The van der Waals surface area contributed by atoms with Gasteiger partial charge in [0, 0.05) is 10.3 Å². The molecular formula is C13H17N3O2S3. The fourth-order valence-corrected chi connectivity index (χ4v) is 5.53. The predicted octanol–water partition coefficient (Wildman–Crippen LogP) is 2.52. The summed E-state index contributed by atoms with van der Waals surface area (Å²) in [6, 6.07) is 4.05. The number of rotatable bonds is 7. The Bertz CT molecular complexity index is 717. The molecule has 0 saturated heterocycles. The molecule has 2 heterocycles. The molecule has 0 aromatic carbocycles. The van der Waals surface area contributed by atoms with E-state index in [0.717, 1.165) is 29.8 Å². The van der Waals surface area contributed by atoms with Crippen LogP contribution in [-0.2, 0) is 16.4 Å². The van der Waals surface area contributed by atoms with Gasteiger partial charge in [-0.15, -0.1) is 22.7 Å². The Hall–Kier alpha value is -0.960. The van der Waals surface area contributed by atoms with Crippen molar-refractivity contribution in [3.8, 4) is 10.6 Å². The SMILES string of the molecule is NCCc1ccc(-c2csc(NS(=O)(=O)CC3CC3)n2)s1. The van der Waals surface area contributed by atoms with Crippen LogP contribution in [0.4, 0.5) is 5.13 Å². The Morgan fingerprint density at radius 3 is 2.90 bits per heavy atom. The van der Waals surface area contributed by atoms with Crippen molar-refractivity contribution in [2.75, 3.05) is 17.0 Å². The van der Waals surface area contributed by atoms with Crippen molar-refractivity contribution >= 4 is 37.8 Å². The van der Waals surface area contributed by atoms with Crippen molar-refractivity contribution in [3.63, 3.8) is 0 Å². The average Bonchev–Trinajstić information content (AvgIpc) is 2.90. The fourth-order valence-electron chi connectivity index (χ4n) is 2.00. The minimum Gasteiger partial charge on any atom is -0.330 e. The molecule has 114 valence electrons. The van der Waals surface area contributed by atoms with Crippen LogP contribution in [0.2, 0.25) is 0 Å². The van der Waals surface area contributed by atoms with Crippen molar-refractivity contribution in [1.29, 1.82) is 0 Å². The van der Waals surface area contributed by atoms with Crippen molar-refractivity contribution in [2.24, 2.45) is 11.7 Å². The Kier molecular flexibility index (Phi) is 4.30. The van der Waals surface area contributed by atoms with Crippen LogP contribution in [0.1, 0.15) is 17.7 Å². The third-order valence-electron chi connectivity index (χ3n) is 3.20. The lowest BCUT2D eigenvalue weighted by atomic mass is 10.3. The van der Waals surface area contributed by atoms with E-state index >= 15 is 0 Å². The van der Waals surface area contributed by atoms with Gasteiger partial charge in [-0.3, -0.25) is 4.72 Å². The zero-order valence-electron chi connectivity index (χ0n) is 11.4. The second-order valence-corrected chi connectivity index (χ2v) is 8.96. The first kappa shape index (κ1) is 15.0. The van der Waals surface area contributed by atoms with Gasteiger partial charge in [0.2, 0.25) is 10.0 Å². The molecule has 3 N–H and O–H groups in total. The Balaban J connectivity index is 1.70. The smallest absolute Gasteiger partial charge is 0.234 e. The summed E-state index contributed by atoms with van der Waals surface area (Å²) in [6.07, 6.45) is 2.89. The third-order valence-corrected chi connectivity index (χ3v) is 6.67. The molecule has 0 bridgehead atoms. The molecule has 0 amide bonds. The highest BCUT2D eigenvalue weighted by Gasteiger charge is 2.28. The number of thiazole rings is 1. The number of hydrogen-bond acceptors (Lipinski definition) is 6. The number of aromatic nitrogens is 1. The van der Waals surface area contributed by atoms with Crippen molar-refractivity contribution in [1.82, 2.24) is 4.98 Å². The van der Waals surface area contributed by atoms with Gasteiger partial charge < -0.3 is 5.73 Å². The van der Waals surface area contributed by atoms with Crippen LogP contribution in [0.25, 0.3) is 10.6 Å². The lowest BCUT2D eigenvalue weighted by Crippen LogP contribution is -2.17. The molecule has 1 aliphatic rings. The Morgan fingerprint density at radius 2 is 2.19 bits per heavy atom. The van der Waals surface area contributed by atoms with Crippen molar-refractivity contribution in [3.05, 3.63) is 22.4 Å². The second kappa shape index (κ2) is 6.04. The average molecular weight is 343 g/mol. The zero-order chi connectivity index (χ0) is 14.9. The molecule has 0 spiro atoms. The monoisotopic (exact) mass is 343 g/mol. The molecule has 2 aromatic rings. The molecular weight excluding hydrogens is 326 g/mol. The van der Waals surface area contributed by atoms with E-state index in [1.165, 1.54) is 16.2 Å². The van der Waals surface area contributed by atoms with Crippen LogP contribution in [-0.4, -0.2) is 25.7 Å².